The molecule has 4 nitrogen and oxygen atoms in total. The minimum absolute atomic E-state index is 0.131. The maximum atomic E-state index is 10.7. The highest BCUT2D eigenvalue weighted by atomic mass is 16.5. The number of hydrogen-bond acceptors (Lipinski definition) is 3. The van der Waals surface area contributed by atoms with Crippen LogP contribution in [-0.2, 0) is 14.3 Å². The first kappa shape index (κ1) is 7.73. The van der Waals surface area contributed by atoms with Crippen LogP contribution in [0.1, 0.15) is 12.8 Å². The van der Waals surface area contributed by atoms with E-state index in [0.717, 1.165) is 19.1 Å². The van der Waals surface area contributed by atoms with E-state index in [9.17, 15) is 9.59 Å². The van der Waals surface area contributed by atoms with E-state index >= 15 is 0 Å². The number of carbonyl (C=O) groups excluding carboxylic acids is 1. The van der Waals surface area contributed by atoms with Gasteiger partial charge in [0.1, 0.15) is 6.29 Å². The molecule has 66 valence electrons. The van der Waals surface area contributed by atoms with Gasteiger partial charge in [-0.2, -0.15) is 0 Å². The molecule has 0 saturated carbocycles. The monoisotopic (exact) mass is 170 g/mol. The van der Waals surface area contributed by atoms with Crippen molar-refractivity contribution >= 4 is 12.3 Å². The van der Waals surface area contributed by atoms with Gasteiger partial charge in [0.25, 0.3) is 0 Å². The van der Waals surface area contributed by atoms with Gasteiger partial charge in [0.15, 0.2) is 0 Å². The van der Waals surface area contributed by atoms with E-state index in [4.69, 9.17) is 9.84 Å². The average Bonchev–Trinajstić information content (AvgIpc) is 2.60. The molecule has 12 heavy (non-hydrogen) atoms. The quantitative estimate of drug-likeness (QED) is 0.595. The molecular weight excluding hydrogens is 160 g/mol. The van der Waals surface area contributed by atoms with Crippen molar-refractivity contribution in [3.63, 3.8) is 0 Å². The Labute approximate surface area is 69.5 Å². The molecule has 2 bridgehead atoms. The maximum Gasteiger partial charge on any atom is 0.309 e. The molecule has 0 amide bonds. The predicted molar refractivity (Wildman–Crippen MR) is 38.6 cm³/mol. The van der Waals surface area contributed by atoms with E-state index < -0.39 is 17.8 Å². The van der Waals surface area contributed by atoms with E-state index in [1.807, 2.05) is 0 Å². The van der Waals surface area contributed by atoms with Crippen LogP contribution in [0.2, 0.25) is 0 Å². The van der Waals surface area contributed by atoms with Crippen LogP contribution in [0, 0.1) is 11.8 Å². The third-order valence-electron chi connectivity index (χ3n) is 2.77. The highest BCUT2D eigenvalue weighted by Gasteiger charge is 2.52. The van der Waals surface area contributed by atoms with E-state index in [1.165, 1.54) is 0 Å². The number of carboxylic acids is 1. The molecule has 4 heteroatoms. The summed E-state index contributed by atoms with van der Waals surface area (Å²) >= 11 is 0. The third kappa shape index (κ3) is 0.876. The van der Waals surface area contributed by atoms with Gasteiger partial charge >= 0.3 is 5.97 Å². The number of hydrogen-bond donors (Lipinski definition) is 1. The van der Waals surface area contributed by atoms with Gasteiger partial charge in [-0.05, 0) is 12.8 Å². The van der Waals surface area contributed by atoms with Crippen molar-refractivity contribution in [3.05, 3.63) is 0 Å². The van der Waals surface area contributed by atoms with Crippen LogP contribution in [0.15, 0.2) is 0 Å². The van der Waals surface area contributed by atoms with Gasteiger partial charge in [0.05, 0.1) is 24.0 Å². The summed E-state index contributed by atoms with van der Waals surface area (Å²) in [6, 6.07) is 0. The Morgan fingerprint density at radius 3 is 2.58 bits per heavy atom. The Bertz CT molecular complexity index is 225. The Morgan fingerprint density at radius 1 is 1.42 bits per heavy atom. The van der Waals surface area contributed by atoms with E-state index in [0.29, 0.717) is 0 Å². The number of aliphatic carboxylic acids is 1. The van der Waals surface area contributed by atoms with Gasteiger partial charge in [0.2, 0.25) is 0 Å². The summed E-state index contributed by atoms with van der Waals surface area (Å²) in [5.74, 6) is -1.92. The molecule has 0 aromatic heterocycles. The first-order valence-corrected chi connectivity index (χ1v) is 4.07. The van der Waals surface area contributed by atoms with E-state index in [-0.39, 0.29) is 12.2 Å². The van der Waals surface area contributed by atoms with Gasteiger partial charge in [-0.1, -0.05) is 0 Å². The first-order chi connectivity index (χ1) is 5.74. The summed E-state index contributed by atoms with van der Waals surface area (Å²) < 4.78 is 5.34. The molecular formula is C8H10O4. The standard InChI is InChI=1S/C8H10O4/c9-3-4-5-1-2-6(12-5)7(4)8(10)11/h3-7H,1-2H2,(H,10,11). The van der Waals surface area contributed by atoms with Gasteiger partial charge in [-0.15, -0.1) is 0 Å². The molecule has 4 atom stereocenters. The fourth-order valence-corrected chi connectivity index (χ4v) is 2.21. The molecule has 2 rings (SSSR count). The molecule has 2 saturated heterocycles. The van der Waals surface area contributed by atoms with Crippen LogP contribution < -0.4 is 0 Å². The van der Waals surface area contributed by atoms with Crippen LogP contribution in [0.5, 0.6) is 0 Å². The first-order valence-electron chi connectivity index (χ1n) is 4.07. The summed E-state index contributed by atoms with van der Waals surface area (Å²) in [5, 5.41) is 8.80. The Kier molecular flexibility index (Phi) is 1.65. The molecule has 0 radical (unpaired) electrons. The van der Waals surface area contributed by atoms with Gasteiger partial charge in [-0.25, -0.2) is 0 Å². The maximum absolute atomic E-state index is 10.7. The summed E-state index contributed by atoms with van der Waals surface area (Å²) in [7, 11) is 0. The summed E-state index contributed by atoms with van der Waals surface area (Å²) in [6.45, 7) is 0. The number of carbonyl (C=O) groups is 2. The molecule has 0 aromatic rings. The van der Waals surface area contributed by atoms with Crippen molar-refractivity contribution in [1.82, 2.24) is 0 Å². The smallest absolute Gasteiger partial charge is 0.309 e. The summed E-state index contributed by atoms with van der Waals surface area (Å²) in [4.78, 5) is 21.3. The highest BCUT2D eigenvalue weighted by molar-refractivity contribution is 5.77. The number of ether oxygens (including phenoxy) is 1. The van der Waals surface area contributed by atoms with Crippen LogP contribution in [-0.4, -0.2) is 29.6 Å². The Hall–Kier alpha value is -0.900. The predicted octanol–water partition coefficient (Wildman–Crippen LogP) is 0.0635. The summed E-state index contributed by atoms with van der Waals surface area (Å²) in [6.07, 6.45) is 1.99. The molecule has 1 N–H and O–H groups in total. The third-order valence-corrected chi connectivity index (χ3v) is 2.77. The fraction of sp³-hybridized carbons (Fsp3) is 0.750. The molecule has 4 unspecified atom stereocenters. The fourth-order valence-electron chi connectivity index (χ4n) is 2.21. The van der Waals surface area contributed by atoms with Crippen molar-refractivity contribution in [2.45, 2.75) is 25.0 Å². The van der Waals surface area contributed by atoms with Crippen LogP contribution >= 0.6 is 0 Å². The van der Waals surface area contributed by atoms with E-state index in [1.54, 1.807) is 0 Å². The van der Waals surface area contributed by atoms with Crippen LogP contribution in [0.25, 0.3) is 0 Å². The minimum Gasteiger partial charge on any atom is -0.481 e. The van der Waals surface area contributed by atoms with Crippen molar-refractivity contribution in [3.8, 4) is 0 Å². The lowest BCUT2D eigenvalue weighted by Crippen LogP contribution is -2.34. The molecule has 2 aliphatic heterocycles. The molecule has 2 heterocycles. The van der Waals surface area contributed by atoms with Gasteiger partial charge in [-0.3, -0.25) is 4.79 Å². The number of aldehydes is 1. The SMILES string of the molecule is O=CC1C2CCC(O2)C1C(=O)O. The topological polar surface area (TPSA) is 63.6 Å². The summed E-state index contributed by atoms with van der Waals surface area (Å²) in [5.41, 5.74) is 0. The zero-order chi connectivity index (χ0) is 8.72. The van der Waals surface area contributed by atoms with Gasteiger partial charge in [0, 0.05) is 0 Å². The van der Waals surface area contributed by atoms with Crippen LogP contribution in [0.3, 0.4) is 0 Å². The van der Waals surface area contributed by atoms with Crippen molar-refractivity contribution in [2.75, 3.05) is 0 Å². The number of carboxylic acid groups (broad SMARTS) is 1. The molecule has 2 aliphatic rings. The lowest BCUT2D eigenvalue weighted by molar-refractivity contribution is -0.145. The molecule has 0 aromatic carbocycles. The number of rotatable bonds is 2. The Balaban J connectivity index is 2.21. The van der Waals surface area contributed by atoms with Gasteiger partial charge < -0.3 is 14.6 Å². The highest BCUT2D eigenvalue weighted by Crippen LogP contribution is 2.42. The largest absolute Gasteiger partial charge is 0.481 e. The lowest BCUT2D eigenvalue weighted by atomic mass is 9.80. The second-order valence-electron chi connectivity index (χ2n) is 3.37. The Morgan fingerprint density at radius 2 is 2.08 bits per heavy atom. The molecule has 0 aliphatic carbocycles. The van der Waals surface area contributed by atoms with E-state index in [2.05, 4.69) is 0 Å². The molecule has 0 spiro atoms. The zero-order valence-electron chi connectivity index (χ0n) is 6.47. The normalized spacial score (nSPS) is 44.7. The average molecular weight is 170 g/mol. The number of fused-ring (bicyclic) bond motifs is 2. The minimum atomic E-state index is -0.903. The van der Waals surface area contributed by atoms with Crippen molar-refractivity contribution < 1.29 is 19.4 Å². The van der Waals surface area contributed by atoms with Crippen molar-refractivity contribution in [2.24, 2.45) is 11.8 Å². The second-order valence-corrected chi connectivity index (χ2v) is 3.37. The molecule has 2 fully saturated rings. The second kappa shape index (κ2) is 2.55. The van der Waals surface area contributed by atoms with Crippen LogP contribution in [0.4, 0.5) is 0 Å². The van der Waals surface area contributed by atoms with Crippen molar-refractivity contribution in [1.29, 1.82) is 0 Å². The lowest BCUT2D eigenvalue weighted by Gasteiger charge is -2.19. The zero-order valence-corrected chi connectivity index (χ0v) is 6.47.